The van der Waals surface area contributed by atoms with E-state index in [2.05, 4.69) is 20.4 Å². The molecule has 0 spiro atoms. The molecule has 0 fully saturated rings. The lowest BCUT2D eigenvalue weighted by molar-refractivity contribution is 0.0540. The fourth-order valence-electron chi connectivity index (χ4n) is 5.19. The summed E-state index contributed by atoms with van der Waals surface area (Å²) >= 11 is 8.36. The van der Waals surface area contributed by atoms with Gasteiger partial charge in [-0.2, -0.15) is 10.2 Å². The number of aromatic amines is 2. The van der Waals surface area contributed by atoms with Gasteiger partial charge in [-0.25, -0.2) is 17.6 Å². The molecule has 0 aliphatic rings. The van der Waals surface area contributed by atoms with Crippen molar-refractivity contribution in [2.75, 3.05) is 26.4 Å². The van der Waals surface area contributed by atoms with Gasteiger partial charge in [-0.05, 0) is 52.9 Å². The maximum atomic E-state index is 14.0. The SMILES string of the molecule is OCC(O)COc1cc(Oc2ccc(F)cc2F)cc2[nH]nc(-c3ccccc3Cl)c12.OCC(O)COc1cc(Oc2ccc(F)cc2F)cc2n[nH]c(I)c12. The Labute approximate surface area is 333 Å². The zero-order chi connectivity index (χ0) is 39.9. The Morgan fingerprint density at radius 3 is 1.77 bits per heavy atom. The molecule has 0 saturated heterocycles. The third-order valence-electron chi connectivity index (χ3n) is 7.81. The smallest absolute Gasteiger partial charge is 0.168 e. The molecule has 2 unspecified atom stereocenters. The number of rotatable bonds is 13. The van der Waals surface area contributed by atoms with E-state index in [4.69, 9.17) is 40.8 Å². The van der Waals surface area contributed by atoms with Gasteiger partial charge in [0.25, 0.3) is 0 Å². The Hall–Kier alpha value is -5.18. The van der Waals surface area contributed by atoms with Crippen LogP contribution in [-0.4, -0.2) is 79.5 Å². The van der Waals surface area contributed by atoms with Crippen LogP contribution in [0.15, 0.2) is 84.9 Å². The molecule has 0 radical (unpaired) electrons. The molecule has 5 aromatic carbocycles. The topological polar surface area (TPSA) is 175 Å². The summed E-state index contributed by atoms with van der Waals surface area (Å²) in [6, 6.07) is 19.2. The number of nitrogens with zero attached hydrogens (tertiary/aromatic N) is 2. The van der Waals surface area contributed by atoms with Crippen molar-refractivity contribution in [1.29, 1.82) is 0 Å². The Balaban J connectivity index is 0.000000194. The molecule has 292 valence electrons. The van der Waals surface area contributed by atoms with Crippen LogP contribution in [0.1, 0.15) is 0 Å². The van der Waals surface area contributed by atoms with Gasteiger partial charge in [-0.3, -0.25) is 10.2 Å². The van der Waals surface area contributed by atoms with Crippen LogP contribution >= 0.6 is 34.2 Å². The molecule has 12 nitrogen and oxygen atoms in total. The molecule has 7 aromatic rings. The predicted octanol–water partition coefficient (Wildman–Crippen LogP) is 7.66. The van der Waals surface area contributed by atoms with Crippen molar-refractivity contribution < 1.29 is 56.9 Å². The number of benzene rings is 5. The van der Waals surface area contributed by atoms with Crippen molar-refractivity contribution in [3.05, 3.63) is 117 Å². The molecular formula is C38H30ClF4IN4O8. The van der Waals surface area contributed by atoms with E-state index in [9.17, 15) is 27.8 Å². The van der Waals surface area contributed by atoms with Crippen molar-refractivity contribution in [1.82, 2.24) is 20.4 Å². The second-order valence-electron chi connectivity index (χ2n) is 11.9. The summed E-state index contributed by atoms with van der Waals surface area (Å²) < 4.78 is 77.0. The summed E-state index contributed by atoms with van der Waals surface area (Å²) in [5.41, 5.74) is 2.18. The molecule has 6 N–H and O–H groups in total. The van der Waals surface area contributed by atoms with E-state index in [0.29, 0.717) is 53.6 Å². The molecule has 2 aromatic heterocycles. The first-order valence-electron chi connectivity index (χ1n) is 16.5. The number of nitrogens with one attached hydrogen (secondary N) is 2. The third-order valence-corrected chi connectivity index (χ3v) is 8.92. The average molecular weight is 909 g/mol. The van der Waals surface area contributed by atoms with Crippen LogP contribution in [0.2, 0.25) is 5.02 Å². The number of aliphatic hydroxyl groups excluding tert-OH is 4. The van der Waals surface area contributed by atoms with Gasteiger partial charge < -0.3 is 39.4 Å². The molecule has 56 heavy (non-hydrogen) atoms. The van der Waals surface area contributed by atoms with Crippen molar-refractivity contribution in [3.8, 4) is 45.8 Å². The standard InChI is InChI=1S/C22H17ClF2N2O4.C16H13F2IN2O4/c23-16-4-2-1-3-15(16)22-21-18(26-27-22)8-14(9-20(21)30-11-13(29)10-28)31-19-6-5-12(24)7-17(19)25;17-8-1-2-13(11(18)3-8)25-10-4-12-15(16(19)21-20-12)14(5-10)24-7-9(23)6-22/h1-9,13,28-29H,10-11H2,(H,26,27);1-5,9,22-23H,6-7H2,(H,20,21). The number of ether oxygens (including phenoxy) is 4. The lowest BCUT2D eigenvalue weighted by Crippen LogP contribution is -2.21. The first-order chi connectivity index (χ1) is 26.9. The van der Waals surface area contributed by atoms with E-state index >= 15 is 0 Å². The number of hydrogen-bond donors (Lipinski definition) is 6. The first kappa shape index (κ1) is 40.5. The molecule has 7 rings (SSSR count). The van der Waals surface area contributed by atoms with Gasteiger partial charge >= 0.3 is 0 Å². The van der Waals surface area contributed by atoms with Gasteiger partial charge in [0.1, 0.15) is 75.0 Å². The minimum atomic E-state index is -1.11. The van der Waals surface area contributed by atoms with Crippen molar-refractivity contribution in [2.24, 2.45) is 0 Å². The molecule has 18 heteroatoms. The summed E-state index contributed by atoms with van der Waals surface area (Å²) in [5, 5.41) is 53.0. The minimum absolute atomic E-state index is 0.138. The fraction of sp³-hybridized carbons (Fsp3) is 0.158. The number of hydrogen-bond acceptors (Lipinski definition) is 10. The summed E-state index contributed by atoms with van der Waals surface area (Å²) in [5.74, 6) is -2.40. The monoisotopic (exact) mass is 908 g/mol. The second kappa shape index (κ2) is 18.2. The molecule has 0 aliphatic carbocycles. The Kier molecular flexibility index (Phi) is 13.1. The molecule has 2 heterocycles. The van der Waals surface area contributed by atoms with Gasteiger partial charge in [0.05, 0.1) is 34.5 Å². The van der Waals surface area contributed by atoms with E-state index in [-0.39, 0.29) is 42.0 Å². The second-order valence-corrected chi connectivity index (χ2v) is 13.4. The number of H-pyrrole nitrogens is 2. The average Bonchev–Trinajstić information content (AvgIpc) is 3.78. The van der Waals surface area contributed by atoms with E-state index in [0.717, 1.165) is 18.2 Å². The number of aliphatic hydroxyl groups is 4. The summed E-state index contributed by atoms with van der Waals surface area (Å²) in [7, 11) is 0. The van der Waals surface area contributed by atoms with Gasteiger partial charge in [-0.1, -0.05) is 29.8 Å². The maximum Gasteiger partial charge on any atom is 0.168 e. The van der Waals surface area contributed by atoms with E-state index in [1.54, 1.807) is 30.3 Å². The van der Waals surface area contributed by atoms with Gasteiger partial charge in [0.15, 0.2) is 23.1 Å². The predicted molar refractivity (Wildman–Crippen MR) is 205 cm³/mol. The highest BCUT2D eigenvalue weighted by Crippen LogP contribution is 2.41. The number of fused-ring (bicyclic) bond motifs is 2. The zero-order valence-electron chi connectivity index (χ0n) is 28.7. The largest absolute Gasteiger partial charge is 0.490 e. The first-order valence-corrected chi connectivity index (χ1v) is 17.9. The Morgan fingerprint density at radius 2 is 1.21 bits per heavy atom. The van der Waals surface area contributed by atoms with Crippen molar-refractivity contribution in [3.63, 3.8) is 0 Å². The lowest BCUT2D eigenvalue weighted by atomic mass is 10.1. The van der Waals surface area contributed by atoms with Crippen LogP contribution in [0.5, 0.6) is 34.5 Å². The highest BCUT2D eigenvalue weighted by molar-refractivity contribution is 14.1. The lowest BCUT2D eigenvalue weighted by Gasteiger charge is -2.14. The quantitative estimate of drug-likeness (QED) is 0.0498. The van der Waals surface area contributed by atoms with Gasteiger partial charge in [-0.15, -0.1) is 0 Å². The third kappa shape index (κ3) is 9.60. The Bertz CT molecular complexity index is 2470. The highest BCUT2D eigenvalue weighted by Gasteiger charge is 2.20. The number of halogens is 6. The molecule has 0 amide bonds. The fourth-order valence-corrected chi connectivity index (χ4v) is 6.07. The maximum absolute atomic E-state index is 14.0. The zero-order valence-corrected chi connectivity index (χ0v) is 31.6. The molecule has 0 saturated carbocycles. The van der Waals surface area contributed by atoms with E-state index in [1.165, 1.54) is 24.3 Å². The van der Waals surface area contributed by atoms with E-state index < -0.39 is 48.7 Å². The van der Waals surface area contributed by atoms with E-state index in [1.807, 2.05) is 28.7 Å². The van der Waals surface area contributed by atoms with Crippen LogP contribution in [0.25, 0.3) is 33.1 Å². The normalized spacial score (nSPS) is 12.2. The molecular weight excluding hydrogens is 879 g/mol. The van der Waals surface area contributed by atoms with Gasteiger partial charge in [0, 0.05) is 42.0 Å². The summed E-state index contributed by atoms with van der Waals surface area (Å²) in [6.45, 7) is -1.26. The van der Waals surface area contributed by atoms with Crippen LogP contribution < -0.4 is 18.9 Å². The van der Waals surface area contributed by atoms with Crippen LogP contribution in [-0.2, 0) is 0 Å². The van der Waals surface area contributed by atoms with Crippen LogP contribution in [0.4, 0.5) is 17.6 Å². The summed E-state index contributed by atoms with van der Waals surface area (Å²) in [6.07, 6.45) is -2.15. The van der Waals surface area contributed by atoms with Crippen molar-refractivity contribution >= 4 is 56.0 Å². The summed E-state index contributed by atoms with van der Waals surface area (Å²) in [4.78, 5) is 0. The Morgan fingerprint density at radius 1 is 0.661 bits per heavy atom. The number of aromatic nitrogens is 4. The van der Waals surface area contributed by atoms with Gasteiger partial charge in [0.2, 0.25) is 0 Å². The molecule has 0 bridgehead atoms. The minimum Gasteiger partial charge on any atom is -0.490 e. The van der Waals surface area contributed by atoms with Crippen LogP contribution in [0, 0.1) is 27.0 Å². The van der Waals surface area contributed by atoms with Crippen LogP contribution in [0.3, 0.4) is 0 Å². The highest BCUT2D eigenvalue weighted by atomic mass is 127. The molecule has 2 atom stereocenters. The van der Waals surface area contributed by atoms with Crippen molar-refractivity contribution in [2.45, 2.75) is 12.2 Å². The molecule has 0 aliphatic heterocycles.